The predicted octanol–water partition coefficient (Wildman–Crippen LogP) is 3.81. The van der Waals surface area contributed by atoms with E-state index in [4.69, 9.17) is 9.97 Å². The maximum atomic E-state index is 4.88. The summed E-state index contributed by atoms with van der Waals surface area (Å²) in [5, 5.41) is 3.41. The summed E-state index contributed by atoms with van der Waals surface area (Å²) < 4.78 is 1.09. The molecular weight excluding hydrogens is 326 g/mol. The van der Waals surface area contributed by atoms with Gasteiger partial charge in [0.2, 0.25) is 0 Å². The van der Waals surface area contributed by atoms with E-state index in [-0.39, 0.29) is 0 Å². The molecule has 0 unspecified atom stereocenters. The van der Waals surface area contributed by atoms with Crippen LogP contribution < -0.4 is 5.32 Å². The molecule has 4 heteroatoms. The molecule has 0 saturated carbocycles. The van der Waals surface area contributed by atoms with Crippen molar-refractivity contribution in [1.82, 2.24) is 15.3 Å². The summed E-state index contributed by atoms with van der Waals surface area (Å²) in [6, 6.07) is 6.28. The lowest BCUT2D eigenvalue weighted by Gasteiger charge is -2.20. The molecule has 0 atom stereocenters. The molecule has 0 radical (unpaired) electrons. The number of nitrogens with one attached hydrogen (secondary N) is 1. The lowest BCUT2D eigenvalue weighted by molar-refractivity contribution is 0.614. The first-order valence-corrected chi connectivity index (χ1v) is 8.34. The Bertz CT molecular complexity index is 667. The molecule has 1 aromatic heterocycles. The third kappa shape index (κ3) is 3.01. The van der Waals surface area contributed by atoms with E-state index in [0.717, 1.165) is 48.2 Å². The van der Waals surface area contributed by atoms with Crippen LogP contribution in [0.15, 0.2) is 22.7 Å². The van der Waals surface area contributed by atoms with Gasteiger partial charge in [-0.2, -0.15) is 0 Å². The zero-order valence-corrected chi connectivity index (χ0v) is 14.1. The number of nitrogens with zero attached hydrogens (tertiary/aromatic N) is 2. The summed E-state index contributed by atoms with van der Waals surface area (Å²) in [5.74, 6) is 0.867. The standard InChI is InChI=1S/C17H20BrN3/c1-3-4-15-14-7-8-19-10-16(14)21-17(20-15)13-6-5-12(18)9-11(13)2/h5-6,9,19H,3-4,7-8,10H2,1-2H3. The van der Waals surface area contributed by atoms with E-state index < -0.39 is 0 Å². The summed E-state index contributed by atoms with van der Waals surface area (Å²) in [5.41, 5.74) is 6.12. The minimum atomic E-state index is 0.858. The van der Waals surface area contributed by atoms with E-state index in [0.29, 0.717) is 0 Å². The van der Waals surface area contributed by atoms with Gasteiger partial charge in [0.05, 0.1) is 5.69 Å². The molecule has 0 fully saturated rings. The van der Waals surface area contributed by atoms with Crippen LogP contribution in [0.2, 0.25) is 0 Å². The molecule has 110 valence electrons. The minimum absolute atomic E-state index is 0.858. The Labute approximate surface area is 134 Å². The molecule has 1 aromatic carbocycles. The first-order chi connectivity index (χ1) is 10.2. The van der Waals surface area contributed by atoms with Crippen molar-refractivity contribution >= 4 is 15.9 Å². The highest BCUT2D eigenvalue weighted by Gasteiger charge is 2.18. The maximum Gasteiger partial charge on any atom is 0.159 e. The van der Waals surface area contributed by atoms with Crippen molar-refractivity contribution in [3.05, 3.63) is 45.2 Å². The SMILES string of the molecule is CCCc1nc(-c2ccc(Br)cc2C)nc2c1CCNC2. The van der Waals surface area contributed by atoms with Gasteiger partial charge in [-0.15, -0.1) is 0 Å². The van der Waals surface area contributed by atoms with Crippen LogP contribution in [-0.2, 0) is 19.4 Å². The van der Waals surface area contributed by atoms with E-state index in [1.807, 2.05) is 0 Å². The fourth-order valence-electron chi connectivity index (χ4n) is 2.88. The highest BCUT2D eigenvalue weighted by molar-refractivity contribution is 9.10. The van der Waals surface area contributed by atoms with Crippen molar-refractivity contribution in [2.45, 2.75) is 39.7 Å². The fraction of sp³-hybridized carbons (Fsp3) is 0.412. The molecule has 2 aromatic rings. The average Bonchev–Trinajstić information content (AvgIpc) is 2.47. The second-order valence-corrected chi connectivity index (χ2v) is 6.47. The lowest BCUT2D eigenvalue weighted by Crippen LogP contribution is -2.26. The average molecular weight is 346 g/mol. The van der Waals surface area contributed by atoms with Crippen LogP contribution in [0.25, 0.3) is 11.4 Å². The van der Waals surface area contributed by atoms with Gasteiger partial charge in [-0.3, -0.25) is 0 Å². The van der Waals surface area contributed by atoms with E-state index in [2.05, 4.69) is 53.3 Å². The Morgan fingerprint density at radius 1 is 1.29 bits per heavy atom. The Balaban J connectivity index is 2.12. The van der Waals surface area contributed by atoms with Gasteiger partial charge in [-0.25, -0.2) is 9.97 Å². The zero-order chi connectivity index (χ0) is 14.8. The Morgan fingerprint density at radius 2 is 2.14 bits per heavy atom. The van der Waals surface area contributed by atoms with Gasteiger partial charge in [0.15, 0.2) is 5.82 Å². The van der Waals surface area contributed by atoms with Gasteiger partial charge in [0, 0.05) is 22.3 Å². The molecule has 0 spiro atoms. The quantitative estimate of drug-likeness (QED) is 0.918. The smallest absolute Gasteiger partial charge is 0.159 e. The van der Waals surface area contributed by atoms with Crippen molar-refractivity contribution < 1.29 is 0 Å². The zero-order valence-electron chi connectivity index (χ0n) is 12.5. The summed E-state index contributed by atoms with van der Waals surface area (Å²) in [6.07, 6.45) is 3.20. The number of rotatable bonds is 3. The number of hydrogen-bond acceptors (Lipinski definition) is 3. The third-order valence-electron chi connectivity index (χ3n) is 3.94. The molecule has 1 aliphatic heterocycles. The minimum Gasteiger partial charge on any atom is -0.311 e. The lowest BCUT2D eigenvalue weighted by atomic mass is 10.0. The molecule has 2 heterocycles. The summed E-state index contributed by atoms with van der Waals surface area (Å²) in [7, 11) is 0. The number of aromatic nitrogens is 2. The molecular formula is C17H20BrN3. The van der Waals surface area contributed by atoms with Crippen molar-refractivity contribution in [3.63, 3.8) is 0 Å². The molecule has 0 aliphatic carbocycles. The highest BCUT2D eigenvalue weighted by Crippen LogP contribution is 2.26. The number of aryl methyl sites for hydroxylation is 2. The van der Waals surface area contributed by atoms with Crippen LogP contribution in [0.1, 0.15) is 35.9 Å². The van der Waals surface area contributed by atoms with E-state index >= 15 is 0 Å². The van der Waals surface area contributed by atoms with Crippen molar-refractivity contribution in [2.24, 2.45) is 0 Å². The first-order valence-electron chi connectivity index (χ1n) is 7.55. The van der Waals surface area contributed by atoms with Gasteiger partial charge in [-0.05, 0) is 55.6 Å². The highest BCUT2D eigenvalue weighted by atomic mass is 79.9. The second-order valence-electron chi connectivity index (χ2n) is 5.56. The van der Waals surface area contributed by atoms with E-state index in [9.17, 15) is 0 Å². The molecule has 1 N–H and O–H groups in total. The Hall–Kier alpha value is -1.26. The van der Waals surface area contributed by atoms with Crippen molar-refractivity contribution in [3.8, 4) is 11.4 Å². The van der Waals surface area contributed by atoms with Gasteiger partial charge in [0.1, 0.15) is 0 Å². The summed E-state index contributed by atoms with van der Waals surface area (Å²) in [6.45, 7) is 6.21. The van der Waals surface area contributed by atoms with Crippen LogP contribution in [0.4, 0.5) is 0 Å². The van der Waals surface area contributed by atoms with Gasteiger partial charge in [-0.1, -0.05) is 29.3 Å². The van der Waals surface area contributed by atoms with Gasteiger partial charge < -0.3 is 5.32 Å². The van der Waals surface area contributed by atoms with Crippen molar-refractivity contribution in [2.75, 3.05) is 6.54 Å². The molecule has 3 nitrogen and oxygen atoms in total. The van der Waals surface area contributed by atoms with Gasteiger partial charge >= 0.3 is 0 Å². The van der Waals surface area contributed by atoms with E-state index in [1.165, 1.54) is 22.5 Å². The molecule has 0 saturated heterocycles. The second kappa shape index (κ2) is 6.24. The summed E-state index contributed by atoms with van der Waals surface area (Å²) in [4.78, 5) is 9.71. The largest absolute Gasteiger partial charge is 0.311 e. The third-order valence-corrected chi connectivity index (χ3v) is 4.43. The predicted molar refractivity (Wildman–Crippen MR) is 89.3 cm³/mol. The number of hydrogen-bond donors (Lipinski definition) is 1. The van der Waals surface area contributed by atoms with Crippen molar-refractivity contribution in [1.29, 1.82) is 0 Å². The molecule has 1 aliphatic rings. The van der Waals surface area contributed by atoms with Gasteiger partial charge in [0.25, 0.3) is 0 Å². The van der Waals surface area contributed by atoms with Crippen LogP contribution >= 0.6 is 15.9 Å². The van der Waals surface area contributed by atoms with E-state index in [1.54, 1.807) is 0 Å². The molecule has 21 heavy (non-hydrogen) atoms. The van der Waals surface area contributed by atoms with Crippen LogP contribution in [0.3, 0.4) is 0 Å². The topological polar surface area (TPSA) is 37.8 Å². The van der Waals surface area contributed by atoms with Crippen LogP contribution in [0.5, 0.6) is 0 Å². The monoisotopic (exact) mass is 345 g/mol. The Kier molecular flexibility index (Phi) is 4.36. The number of fused-ring (bicyclic) bond motifs is 1. The normalized spacial score (nSPS) is 14.0. The van der Waals surface area contributed by atoms with Crippen LogP contribution in [-0.4, -0.2) is 16.5 Å². The Morgan fingerprint density at radius 3 is 2.90 bits per heavy atom. The number of halogens is 1. The van der Waals surface area contributed by atoms with Crippen LogP contribution in [0, 0.1) is 6.92 Å². The molecule has 0 bridgehead atoms. The fourth-order valence-corrected chi connectivity index (χ4v) is 3.35. The first kappa shape index (κ1) is 14.7. The maximum absolute atomic E-state index is 4.88. The molecule has 0 amide bonds. The molecule has 3 rings (SSSR count). The summed E-state index contributed by atoms with van der Waals surface area (Å²) >= 11 is 3.52. The number of benzene rings is 1.